The van der Waals surface area contributed by atoms with E-state index in [1.54, 1.807) is 18.5 Å². The Kier molecular flexibility index (Phi) is 5.81. The highest BCUT2D eigenvalue weighted by molar-refractivity contribution is 5.84. The van der Waals surface area contributed by atoms with Crippen molar-refractivity contribution in [3.8, 4) is 17.1 Å². The van der Waals surface area contributed by atoms with Gasteiger partial charge in [0.1, 0.15) is 23.1 Å². The lowest BCUT2D eigenvalue weighted by Crippen LogP contribution is -2.35. The second-order valence-corrected chi connectivity index (χ2v) is 8.64. The van der Waals surface area contributed by atoms with Gasteiger partial charge in [0, 0.05) is 35.3 Å². The first-order valence-electron chi connectivity index (χ1n) is 11.3. The van der Waals surface area contributed by atoms with Crippen LogP contribution in [0.4, 0.5) is 0 Å². The van der Waals surface area contributed by atoms with Crippen LogP contribution in [0.2, 0.25) is 0 Å². The molecule has 0 bridgehead atoms. The van der Waals surface area contributed by atoms with Crippen molar-refractivity contribution in [1.29, 1.82) is 0 Å². The van der Waals surface area contributed by atoms with Gasteiger partial charge in [0.05, 0.1) is 0 Å². The Morgan fingerprint density at radius 3 is 2.91 bits per heavy atom. The average molecular weight is 447 g/mol. The summed E-state index contributed by atoms with van der Waals surface area (Å²) in [6.07, 6.45) is 7.69. The van der Waals surface area contributed by atoms with E-state index in [4.69, 9.17) is 13.7 Å². The number of carbonyl (C=O) groups excluding carboxylic acids is 1. The van der Waals surface area contributed by atoms with Crippen LogP contribution in [-0.4, -0.2) is 27.6 Å². The zero-order valence-electron chi connectivity index (χ0n) is 18.7. The molecule has 33 heavy (non-hydrogen) atoms. The highest BCUT2D eigenvalue weighted by Crippen LogP contribution is 2.34. The van der Waals surface area contributed by atoms with Crippen molar-refractivity contribution < 1.29 is 18.5 Å². The van der Waals surface area contributed by atoms with Gasteiger partial charge in [0.15, 0.2) is 6.61 Å². The summed E-state index contributed by atoms with van der Waals surface area (Å²) in [5.74, 6) is 2.30. The molecule has 0 radical (unpaired) electrons. The number of carbonyl (C=O) groups is 1. The number of aryl methyl sites for hydroxylation is 2. The number of benzene rings is 1. The summed E-state index contributed by atoms with van der Waals surface area (Å²) in [5, 5.41) is 8.07. The molecule has 3 aromatic heterocycles. The molecule has 1 aromatic carbocycles. The average Bonchev–Trinajstić information content (AvgIpc) is 3.46. The van der Waals surface area contributed by atoms with Gasteiger partial charge in [-0.15, -0.1) is 0 Å². The number of hydrogen-bond donors (Lipinski definition) is 1. The molecule has 1 N–H and O–H groups in total. The van der Waals surface area contributed by atoms with Gasteiger partial charge < -0.3 is 19.0 Å². The molecule has 1 unspecified atom stereocenters. The molecule has 1 amide bonds. The van der Waals surface area contributed by atoms with Gasteiger partial charge in [-0.1, -0.05) is 19.0 Å². The van der Waals surface area contributed by atoms with Gasteiger partial charge in [-0.05, 0) is 55.5 Å². The van der Waals surface area contributed by atoms with Gasteiger partial charge in [0.2, 0.25) is 11.7 Å². The normalized spacial score (nSPS) is 14.3. The van der Waals surface area contributed by atoms with E-state index in [-0.39, 0.29) is 18.4 Å². The summed E-state index contributed by atoms with van der Waals surface area (Å²) in [7, 11) is 0. The highest BCUT2D eigenvalue weighted by atomic mass is 16.5. The monoisotopic (exact) mass is 446 g/mol. The number of nitrogens with zero attached hydrogens (tertiary/aromatic N) is 3. The van der Waals surface area contributed by atoms with E-state index in [9.17, 15) is 4.79 Å². The van der Waals surface area contributed by atoms with Crippen LogP contribution in [0.3, 0.4) is 0 Å². The number of nitrogens with one attached hydrogen (secondary N) is 1. The molecule has 0 fully saturated rings. The third kappa shape index (κ3) is 4.46. The van der Waals surface area contributed by atoms with Crippen LogP contribution in [-0.2, 0) is 17.6 Å². The first kappa shape index (κ1) is 21.2. The SMILES string of the molecule is CC(C)C(NC(=O)COc1ccc2oc3c(c2c1)CCCC3)c1nc(-c2cccnc2)no1. The maximum Gasteiger partial charge on any atom is 0.258 e. The Morgan fingerprint density at radius 1 is 1.21 bits per heavy atom. The number of aromatic nitrogens is 3. The van der Waals surface area contributed by atoms with Crippen molar-refractivity contribution in [2.45, 2.75) is 45.6 Å². The van der Waals surface area contributed by atoms with Gasteiger partial charge in [-0.25, -0.2) is 0 Å². The zero-order valence-corrected chi connectivity index (χ0v) is 18.7. The van der Waals surface area contributed by atoms with Crippen LogP contribution < -0.4 is 10.1 Å². The fourth-order valence-electron chi connectivity index (χ4n) is 4.18. The number of fused-ring (bicyclic) bond motifs is 3. The van der Waals surface area contributed by atoms with Crippen molar-refractivity contribution in [2.24, 2.45) is 5.92 Å². The number of pyridine rings is 1. The Balaban J connectivity index is 1.25. The summed E-state index contributed by atoms with van der Waals surface area (Å²) < 4.78 is 17.2. The maximum absolute atomic E-state index is 12.7. The molecule has 0 saturated carbocycles. The van der Waals surface area contributed by atoms with Crippen LogP contribution in [0.1, 0.15) is 49.9 Å². The molecular weight excluding hydrogens is 420 g/mol. The molecule has 0 spiro atoms. The van der Waals surface area contributed by atoms with Gasteiger partial charge >= 0.3 is 0 Å². The minimum Gasteiger partial charge on any atom is -0.484 e. The van der Waals surface area contributed by atoms with Crippen LogP contribution in [0, 0.1) is 5.92 Å². The fourth-order valence-corrected chi connectivity index (χ4v) is 4.18. The Hall–Kier alpha value is -3.68. The van der Waals surface area contributed by atoms with E-state index >= 15 is 0 Å². The number of rotatable bonds is 7. The summed E-state index contributed by atoms with van der Waals surface area (Å²) in [6, 6.07) is 8.95. The molecule has 3 heterocycles. The van der Waals surface area contributed by atoms with Crippen molar-refractivity contribution in [3.63, 3.8) is 0 Å². The predicted octanol–water partition coefficient (Wildman–Crippen LogP) is 4.65. The Labute approximate surface area is 191 Å². The van der Waals surface area contributed by atoms with Crippen molar-refractivity contribution in [2.75, 3.05) is 6.61 Å². The highest BCUT2D eigenvalue weighted by Gasteiger charge is 2.25. The van der Waals surface area contributed by atoms with Crippen molar-refractivity contribution in [3.05, 3.63) is 59.9 Å². The quantitative estimate of drug-likeness (QED) is 0.441. The van der Waals surface area contributed by atoms with Gasteiger partial charge in [-0.3, -0.25) is 9.78 Å². The van der Waals surface area contributed by atoms with Crippen LogP contribution in [0.15, 0.2) is 51.7 Å². The Bertz CT molecular complexity index is 1260. The molecule has 4 aromatic rings. The second kappa shape index (κ2) is 9.05. The molecule has 1 aliphatic rings. The lowest BCUT2D eigenvalue weighted by molar-refractivity contribution is -0.124. The fraction of sp³-hybridized carbons (Fsp3) is 0.360. The molecule has 5 rings (SSSR count). The molecule has 0 aliphatic heterocycles. The smallest absolute Gasteiger partial charge is 0.258 e. The number of hydrogen-bond acceptors (Lipinski definition) is 7. The lowest BCUT2D eigenvalue weighted by Gasteiger charge is -2.18. The van der Waals surface area contributed by atoms with E-state index in [0.717, 1.165) is 41.6 Å². The third-order valence-electron chi connectivity index (χ3n) is 5.91. The largest absolute Gasteiger partial charge is 0.484 e. The lowest BCUT2D eigenvalue weighted by atomic mass is 9.96. The van der Waals surface area contributed by atoms with Crippen LogP contribution >= 0.6 is 0 Å². The summed E-state index contributed by atoms with van der Waals surface area (Å²) in [6.45, 7) is 3.85. The molecule has 8 heteroatoms. The number of amides is 1. The second-order valence-electron chi connectivity index (χ2n) is 8.64. The van der Waals surface area contributed by atoms with E-state index in [1.807, 2.05) is 38.1 Å². The van der Waals surface area contributed by atoms with E-state index < -0.39 is 6.04 Å². The van der Waals surface area contributed by atoms with E-state index in [1.165, 1.54) is 12.0 Å². The van der Waals surface area contributed by atoms with E-state index in [2.05, 4.69) is 20.4 Å². The summed E-state index contributed by atoms with van der Waals surface area (Å²) in [5.41, 5.74) is 2.90. The molecular formula is C25H26N4O4. The molecule has 170 valence electrons. The first-order chi connectivity index (χ1) is 16.1. The van der Waals surface area contributed by atoms with Crippen LogP contribution in [0.5, 0.6) is 5.75 Å². The maximum atomic E-state index is 12.7. The van der Waals surface area contributed by atoms with Crippen molar-refractivity contribution >= 4 is 16.9 Å². The first-order valence-corrected chi connectivity index (χ1v) is 11.3. The van der Waals surface area contributed by atoms with Crippen molar-refractivity contribution in [1.82, 2.24) is 20.4 Å². The zero-order chi connectivity index (χ0) is 22.8. The van der Waals surface area contributed by atoms with E-state index in [0.29, 0.717) is 17.5 Å². The predicted molar refractivity (Wildman–Crippen MR) is 122 cm³/mol. The number of ether oxygens (including phenoxy) is 1. The van der Waals surface area contributed by atoms with Crippen LogP contribution in [0.25, 0.3) is 22.4 Å². The standard InChI is InChI=1S/C25H26N4O4/c1-15(2)23(25-28-24(29-33-25)16-6-5-11-26-13-16)27-22(30)14-31-17-9-10-21-19(12-17)18-7-3-4-8-20(18)32-21/h5-6,9-13,15,23H,3-4,7-8,14H2,1-2H3,(H,27,30). The molecule has 8 nitrogen and oxygen atoms in total. The third-order valence-corrected chi connectivity index (χ3v) is 5.91. The summed E-state index contributed by atoms with van der Waals surface area (Å²) >= 11 is 0. The summed E-state index contributed by atoms with van der Waals surface area (Å²) in [4.78, 5) is 21.2. The van der Waals surface area contributed by atoms with Gasteiger partial charge in [-0.2, -0.15) is 4.98 Å². The topological polar surface area (TPSA) is 103 Å². The van der Waals surface area contributed by atoms with Gasteiger partial charge in [0.25, 0.3) is 5.91 Å². The molecule has 0 saturated heterocycles. The minimum absolute atomic E-state index is 0.0463. The minimum atomic E-state index is -0.428. The molecule has 1 atom stereocenters. The Morgan fingerprint density at radius 2 is 2.09 bits per heavy atom. The molecule has 1 aliphatic carbocycles. The number of furan rings is 1.